The molecule has 1 fully saturated rings. The van der Waals surface area contributed by atoms with Crippen LogP contribution >= 0.6 is 0 Å². The van der Waals surface area contributed by atoms with E-state index >= 15 is 0 Å². The Bertz CT molecular complexity index is 377. The van der Waals surface area contributed by atoms with E-state index < -0.39 is 0 Å². The number of anilines is 1. The molecule has 0 bridgehead atoms. The Labute approximate surface area is 116 Å². The maximum absolute atomic E-state index is 8.98. The average molecular weight is 262 g/mol. The molecule has 1 aliphatic rings. The van der Waals surface area contributed by atoms with Gasteiger partial charge in [0.15, 0.2) is 0 Å². The van der Waals surface area contributed by atoms with Gasteiger partial charge in [0, 0.05) is 30.9 Å². The fraction of sp³-hybridized carbons (Fsp3) is 0.625. The summed E-state index contributed by atoms with van der Waals surface area (Å²) in [7, 11) is 0. The molecule has 0 aromatic heterocycles. The predicted octanol–water partition coefficient (Wildman–Crippen LogP) is 2.84. The third-order valence-corrected chi connectivity index (χ3v) is 4.17. The number of aliphatic hydroxyl groups is 1. The van der Waals surface area contributed by atoms with Crippen LogP contribution in [0.3, 0.4) is 0 Å². The first-order chi connectivity index (χ1) is 9.26. The molecule has 1 aromatic carbocycles. The molecule has 1 saturated heterocycles. The Hall–Kier alpha value is -1.06. The molecule has 2 rings (SSSR count). The van der Waals surface area contributed by atoms with Crippen molar-refractivity contribution in [3.63, 3.8) is 0 Å². The summed E-state index contributed by atoms with van der Waals surface area (Å²) in [6.45, 7) is 3.55. The van der Waals surface area contributed by atoms with E-state index in [4.69, 9.17) is 10.8 Å². The molecule has 1 aliphatic heterocycles. The average Bonchev–Trinajstić information content (AvgIpc) is 2.92. The first-order valence-electron chi connectivity index (χ1n) is 7.49. The summed E-state index contributed by atoms with van der Waals surface area (Å²) in [5, 5.41) is 8.98. The molecule has 0 spiro atoms. The topological polar surface area (TPSA) is 49.5 Å². The summed E-state index contributed by atoms with van der Waals surface area (Å²) in [6.07, 6.45) is 5.47. The van der Waals surface area contributed by atoms with Gasteiger partial charge in [-0.1, -0.05) is 19.1 Å². The molecule has 106 valence electrons. The van der Waals surface area contributed by atoms with Crippen LogP contribution in [0.1, 0.15) is 50.6 Å². The molecule has 3 heteroatoms. The molecule has 1 aromatic rings. The minimum atomic E-state index is 0.151. The molecule has 1 heterocycles. The summed E-state index contributed by atoms with van der Waals surface area (Å²) < 4.78 is 0. The molecule has 3 nitrogen and oxygen atoms in total. The SMILES string of the molecule is CCC(N)c1ccc(N2CCCC2CCCO)cc1. The van der Waals surface area contributed by atoms with Gasteiger partial charge >= 0.3 is 0 Å². The van der Waals surface area contributed by atoms with Gasteiger partial charge in [-0.2, -0.15) is 0 Å². The molecule has 19 heavy (non-hydrogen) atoms. The summed E-state index contributed by atoms with van der Waals surface area (Å²) in [6, 6.07) is 9.45. The van der Waals surface area contributed by atoms with Crippen LogP contribution in [0.2, 0.25) is 0 Å². The molecular weight excluding hydrogens is 236 g/mol. The number of benzene rings is 1. The Morgan fingerprint density at radius 3 is 2.74 bits per heavy atom. The number of aliphatic hydroxyl groups excluding tert-OH is 1. The second-order valence-corrected chi connectivity index (χ2v) is 5.46. The van der Waals surface area contributed by atoms with Gasteiger partial charge in [-0.25, -0.2) is 0 Å². The quantitative estimate of drug-likeness (QED) is 0.829. The highest BCUT2D eigenvalue weighted by molar-refractivity contribution is 5.49. The molecule has 2 unspecified atom stereocenters. The largest absolute Gasteiger partial charge is 0.396 e. The van der Waals surface area contributed by atoms with Gasteiger partial charge in [-0.15, -0.1) is 0 Å². The molecule has 0 amide bonds. The van der Waals surface area contributed by atoms with Crippen molar-refractivity contribution in [3.8, 4) is 0 Å². The smallest absolute Gasteiger partial charge is 0.0431 e. The zero-order chi connectivity index (χ0) is 13.7. The lowest BCUT2D eigenvalue weighted by molar-refractivity contribution is 0.279. The zero-order valence-electron chi connectivity index (χ0n) is 11.9. The number of nitrogens with zero attached hydrogens (tertiary/aromatic N) is 1. The van der Waals surface area contributed by atoms with Gasteiger partial charge in [-0.3, -0.25) is 0 Å². The number of rotatable bonds is 6. The summed E-state index contributed by atoms with van der Waals surface area (Å²) in [4.78, 5) is 2.48. The molecule has 0 radical (unpaired) electrons. The molecule has 0 aliphatic carbocycles. The van der Waals surface area contributed by atoms with E-state index in [9.17, 15) is 0 Å². The van der Waals surface area contributed by atoms with Crippen molar-refractivity contribution in [2.75, 3.05) is 18.1 Å². The first kappa shape index (κ1) is 14.4. The van der Waals surface area contributed by atoms with Gasteiger partial charge in [0.05, 0.1) is 0 Å². The predicted molar refractivity (Wildman–Crippen MR) is 80.3 cm³/mol. The highest BCUT2D eigenvalue weighted by Crippen LogP contribution is 2.29. The van der Waals surface area contributed by atoms with Gasteiger partial charge in [-0.05, 0) is 49.8 Å². The van der Waals surface area contributed by atoms with E-state index in [1.807, 2.05) is 0 Å². The summed E-state index contributed by atoms with van der Waals surface area (Å²) >= 11 is 0. The maximum atomic E-state index is 8.98. The highest BCUT2D eigenvalue weighted by Gasteiger charge is 2.24. The zero-order valence-corrected chi connectivity index (χ0v) is 11.9. The third-order valence-electron chi connectivity index (χ3n) is 4.17. The van der Waals surface area contributed by atoms with E-state index in [-0.39, 0.29) is 6.04 Å². The van der Waals surface area contributed by atoms with Crippen LogP contribution in [0.15, 0.2) is 24.3 Å². The second-order valence-electron chi connectivity index (χ2n) is 5.46. The molecular formula is C16H26N2O. The number of hydrogen-bond acceptors (Lipinski definition) is 3. The first-order valence-corrected chi connectivity index (χ1v) is 7.49. The standard InChI is InChI=1S/C16H26N2O/c1-2-16(17)13-7-9-15(10-8-13)18-11-3-5-14(18)6-4-12-19/h7-10,14,16,19H,2-6,11-12,17H2,1H3. The van der Waals surface area contributed by atoms with Crippen molar-refractivity contribution in [1.29, 1.82) is 0 Å². The Balaban J connectivity index is 2.04. The van der Waals surface area contributed by atoms with E-state index in [2.05, 4.69) is 36.1 Å². The van der Waals surface area contributed by atoms with E-state index in [0.717, 1.165) is 25.8 Å². The third kappa shape index (κ3) is 3.48. The normalized spacial score (nSPS) is 20.8. The van der Waals surface area contributed by atoms with Crippen molar-refractivity contribution >= 4 is 5.69 Å². The Morgan fingerprint density at radius 2 is 2.11 bits per heavy atom. The van der Waals surface area contributed by atoms with Crippen LogP contribution in [0.4, 0.5) is 5.69 Å². The summed E-state index contributed by atoms with van der Waals surface area (Å²) in [5.41, 5.74) is 8.57. The fourth-order valence-electron chi connectivity index (χ4n) is 2.95. The van der Waals surface area contributed by atoms with Gasteiger partial charge < -0.3 is 15.7 Å². The van der Waals surface area contributed by atoms with E-state index in [1.54, 1.807) is 0 Å². The maximum Gasteiger partial charge on any atom is 0.0431 e. The van der Waals surface area contributed by atoms with Crippen molar-refractivity contribution < 1.29 is 5.11 Å². The van der Waals surface area contributed by atoms with Crippen LogP contribution in [-0.4, -0.2) is 24.3 Å². The lowest BCUT2D eigenvalue weighted by Gasteiger charge is -2.27. The van der Waals surface area contributed by atoms with Crippen LogP contribution in [-0.2, 0) is 0 Å². The Kier molecular flexibility index (Phi) is 5.23. The van der Waals surface area contributed by atoms with Crippen molar-refractivity contribution in [2.24, 2.45) is 5.73 Å². The lowest BCUT2D eigenvalue weighted by Crippen LogP contribution is -2.29. The monoisotopic (exact) mass is 262 g/mol. The van der Waals surface area contributed by atoms with E-state index in [1.165, 1.54) is 24.1 Å². The molecule has 2 atom stereocenters. The van der Waals surface area contributed by atoms with Crippen molar-refractivity contribution in [2.45, 2.75) is 51.1 Å². The van der Waals surface area contributed by atoms with E-state index in [0.29, 0.717) is 12.6 Å². The number of nitrogens with two attached hydrogens (primary N) is 1. The van der Waals surface area contributed by atoms with Crippen LogP contribution < -0.4 is 10.6 Å². The Morgan fingerprint density at radius 1 is 1.37 bits per heavy atom. The number of hydrogen-bond donors (Lipinski definition) is 2. The minimum absolute atomic E-state index is 0.151. The van der Waals surface area contributed by atoms with Crippen molar-refractivity contribution in [3.05, 3.63) is 29.8 Å². The van der Waals surface area contributed by atoms with Crippen LogP contribution in [0.25, 0.3) is 0 Å². The van der Waals surface area contributed by atoms with Gasteiger partial charge in [0.2, 0.25) is 0 Å². The fourth-order valence-corrected chi connectivity index (χ4v) is 2.95. The second kappa shape index (κ2) is 6.92. The van der Waals surface area contributed by atoms with Gasteiger partial charge in [0.1, 0.15) is 0 Å². The molecule has 0 saturated carbocycles. The van der Waals surface area contributed by atoms with Gasteiger partial charge in [0.25, 0.3) is 0 Å². The molecule has 3 N–H and O–H groups in total. The lowest BCUT2D eigenvalue weighted by atomic mass is 10.0. The highest BCUT2D eigenvalue weighted by atomic mass is 16.2. The van der Waals surface area contributed by atoms with Crippen LogP contribution in [0.5, 0.6) is 0 Å². The van der Waals surface area contributed by atoms with Crippen molar-refractivity contribution in [1.82, 2.24) is 0 Å². The van der Waals surface area contributed by atoms with Crippen LogP contribution in [0, 0.1) is 0 Å². The minimum Gasteiger partial charge on any atom is -0.396 e. The summed E-state index contributed by atoms with van der Waals surface area (Å²) in [5.74, 6) is 0.